The molecular formula is C13H18BrN. The zero-order valence-electron chi connectivity index (χ0n) is 9.22. The molecule has 0 aliphatic heterocycles. The van der Waals surface area contributed by atoms with Gasteiger partial charge in [0.2, 0.25) is 0 Å². The van der Waals surface area contributed by atoms with Gasteiger partial charge in [0.25, 0.3) is 0 Å². The van der Waals surface area contributed by atoms with Gasteiger partial charge < -0.3 is 5.32 Å². The molecule has 1 nitrogen and oxygen atoms in total. The van der Waals surface area contributed by atoms with E-state index < -0.39 is 0 Å². The first-order chi connectivity index (χ1) is 7.18. The largest absolute Gasteiger partial charge is 0.380 e. The van der Waals surface area contributed by atoms with Crippen molar-refractivity contribution in [3.05, 3.63) is 28.7 Å². The molecule has 1 aliphatic carbocycles. The average Bonchev–Trinajstić information content (AvgIpc) is 2.22. The van der Waals surface area contributed by atoms with E-state index >= 15 is 0 Å². The zero-order valence-corrected chi connectivity index (χ0v) is 10.8. The summed E-state index contributed by atoms with van der Waals surface area (Å²) in [6, 6.07) is 8.47. The summed E-state index contributed by atoms with van der Waals surface area (Å²) in [5.74, 6) is 0. The minimum atomic E-state index is 0.312. The number of anilines is 1. The van der Waals surface area contributed by atoms with Crippen LogP contribution in [0.3, 0.4) is 0 Å². The second-order valence-electron chi connectivity index (χ2n) is 4.75. The van der Waals surface area contributed by atoms with E-state index in [-0.39, 0.29) is 0 Å². The van der Waals surface area contributed by atoms with Gasteiger partial charge in [0.1, 0.15) is 0 Å². The van der Waals surface area contributed by atoms with Crippen molar-refractivity contribution in [1.29, 1.82) is 0 Å². The molecule has 1 fully saturated rings. The Bertz CT molecular complexity index is 312. The fraction of sp³-hybridized carbons (Fsp3) is 0.538. The number of nitrogens with one attached hydrogen (secondary N) is 1. The Balaban J connectivity index is 2.03. The van der Waals surface area contributed by atoms with E-state index in [0.29, 0.717) is 5.54 Å². The fourth-order valence-electron chi connectivity index (χ4n) is 2.34. The van der Waals surface area contributed by atoms with Crippen LogP contribution in [0, 0.1) is 0 Å². The van der Waals surface area contributed by atoms with Crippen molar-refractivity contribution >= 4 is 21.6 Å². The van der Waals surface area contributed by atoms with Gasteiger partial charge in [-0.05, 0) is 44.0 Å². The molecule has 0 heterocycles. The number of benzene rings is 1. The van der Waals surface area contributed by atoms with Gasteiger partial charge in [-0.1, -0.05) is 35.2 Å². The van der Waals surface area contributed by atoms with Gasteiger partial charge in [-0.25, -0.2) is 0 Å². The monoisotopic (exact) mass is 267 g/mol. The topological polar surface area (TPSA) is 12.0 Å². The molecule has 0 radical (unpaired) electrons. The van der Waals surface area contributed by atoms with Crippen LogP contribution < -0.4 is 5.32 Å². The highest BCUT2D eigenvalue weighted by Crippen LogP contribution is 2.31. The zero-order chi connectivity index (χ0) is 10.7. The Kier molecular flexibility index (Phi) is 3.35. The first-order valence-corrected chi connectivity index (χ1v) is 6.51. The quantitative estimate of drug-likeness (QED) is 0.827. The Labute approximate surface area is 100 Å². The van der Waals surface area contributed by atoms with Crippen molar-refractivity contribution in [1.82, 2.24) is 0 Å². The summed E-state index contributed by atoms with van der Waals surface area (Å²) in [4.78, 5) is 0. The summed E-state index contributed by atoms with van der Waals surface area (Å²) in [7, 11) is 0. The first kappa shape index (κ1) is 11.0. The van der Waals surface area contributed by atoms with Crippen molar-refractivity contribution in [2.75, 3.05) is 5.32 Å². The molecule has 15 heavy (non-hydrogen) atoms. The van der Waals surface area contributed by atoms with Gasteiger partial charge in [-0.3, -0.25) is 0 Å². The summed E-state index contributed by atoms with van der Waals surface area (Å²) in [5.41, 5.74) is 1.55. The predicted octanol–water partition coefficient (Wildman–Crippen LogP) is 4.58. The highest BCUT2D eigenvalue weighted by atomic mass is 79.9. The van der Waals surface area contributed by atoms with Crippen LogP contribution in [0.2, 0.25) is 0 Å². The van der Waals surface area contributed by atoms with Gasteiger partial charge in [0.05, 0.1) is 0 Å². The third-order valence-corrected chi connectivity index (χ3v) is 3.78. The molecular weight excluding hydrogens is 250 g/mol. The van der Waals surface area contributed by atoms with Crippen molar-refractivity contribution in [3.8, 4) is 0 Å². The van der Waals surface area contributed by atoms with Crippen molar-refractivity contribution in [2.45, 2.75) is 44.6 Å². The van der Waals surface area contributed by atoms with Crippen molar-refractivity contribution in [3.63, 3.8) is 0 Å². The molecule has 0 atom stereocenters. The summed E-state index contributed by atoms with van der Waals surface area (Å²) in [5, 5.41) is 3.66. The van der Waals surface area contributed by atoms with Gasteiger partial charge in [0.15, 0.2) is 0 Å². The van der Waals surface area contributed by atoms with Crippen LogP contribution >= 0.6 is 15.9 Å². The normalized spacial score (nSPS) is 19.9. The van der Waals surface area contributed by atoms with Crippen LogP contribution in [0.4, 0.5) is 5.69 Å². The van der Waals surface area contributed by atoms with Crippen molar-refractivity contribution in [2.24, 2.45) is 0 Å². The third kappa shape index (κ3) is 2.97. The molecule has 1 aromatic rings. The van der Waals surface area contributed by atoms with E-state index in [1.54, 1.807) is 0 Å². The molecule has 2 heteroatoms. The molecule has 0 bridgehead atoms. The van der Waals surface area contributed by atoms with Crippen molar-refractivity contribution < 1.29 is 0 Å². The molecule has 82 valence electrons. The number of hydrogen-bond donors (Lipinski definition) is 1. The highest BCUT2D eigenvalue weighted by molar-refractivity contribution is 9.10. The minimum Gasteiger partial charge on any atom is -0.380 e. The summed E-state index contributed by atoms with van der Waals surface area (Å²) in [6.07, 6.45) is 6.71. The average molecular weight is 268 g/mol. The number of hydrogen-bond acceptors (Lipinski definition) is 1. The van der Waals surface area contributed by atoms with E-state index in [0.717, 1.165) is 4.47 Å². The maximum absolute atomic E-state index is 3.66. The Morgan fingerprint density at radius 3 is 2.27 bits per heavy atom. The van der Waals surface area contributed by atoms with E-state index in [2.05, 4.69) is 52.4 Å². The molecule has 0 amide bonds. The molecule has 0 saturated heterocycles. The van der Waals surface area contributed by atoms with E-state index in [4.69, 9.17) is 0 Å². The smallest absolute Gasteiger partial charge is 0.0345 e. The fourth-order valence-corrected chi connectivity index (χ4v) is 2.60. The maximum atomic E-state index is 3.66. The predicted molar refractivity (Wildman–Crippen MR) is 69.3 cm³/mol. The second kappa shape index (κ2) is 4.56. The Hall–Kier alpha value is -0.500. The van der Waals surface area contributed by atoms with Crippen LogP contribution in [-0.2, 0) is 0 Å². The second-order valence-corrected chi connectivity index (χ2v) is 5.67. The molecule has 0 spiro atoms. The molecule has 1 N–H and O–H groups in total. The number of rotatable bonds is 2. The molecule has 2 rings (SSSR count). The molecule has 0 aromatic heterocycles. The van der Waals surface area contributed by atoms with Gasteiger partial charge in [-0.15, -0.1) is 0 Å². The standard InChI is InChI=1S/C13H18BrN/c1-13(9-3-2-4-10-13)15-12-7-5-11(14)6-8-12/h5-8,15H,2-4,9-10H2,1H3. The summed E-state index contributed by atoms with van der Waals surface area (Å²) < 4.78 is 1.14. The maximum Gasteiger partial charge on any atom is 0.0345 e. The van der Waals surface area contributed by atoms with Crippen LogP contribution in [0.5, 0.6) is 0 Å². The van der Waals surface area contributed by atoms with Crippen LogP contribution in [0.1, 0.15) is 39.0 Å². The first-order valence-electron chi connectivity index (χ1n) is 5.72. The number of halogens is 1. The minimum absolute atomic E-state index is 0.312. The summed E-state index contributed by atoms with van der Waals surface area (Å²) in [6.45, 7) is 2.34. The van der Waals surface area contributed by atoms with Crippen LogP contribution in [0.25, 0.3) is 0 Å². The molecule has 1 saturated carbocycles. The SMILES string of the molecule is CC1(Nc2ccc(Br)cc2)CCCCC1. The van der Waals surface area contributed by atoms with Gasteiger partial charge >= 0.3 is 0 Å². The van der Waals surface area contributed by atoms with E-state index in [9.17, 15) is 0 Å². The highest BCUT2D eigenvalue weighted by Gasteiger charge is 2.25. The lowest BCUT2D eigenvalue weighted by Gasteiger charge is -2.35. The Morgan fingerprint density at radius 1 is 1.07 bits per heavy atom. The lowest BCUT2D eigenvalue weighted by atomic mass is 9.83. The summed E-state index contributed by atoms with van der Waals surface area (Å²) >= 11 is 3.46. The van der Waals surface area contributed by atoms with E-state index in [1.807, 2.05) is 0 Å². The molecule has 1 aromatic carbocycles. The Morgan fingerprint density at radius 2 is 1.67 bits per heavy atom. The molecule has 0 unspecified atom stereocenters. The molecule has 1 aliphatic rings. The lowest BCUT2D eigenvalue weighted by molar-refractivity contribution is 0.349. The van der Waals surface area contributed by atoms with E-state index in [1.165, 1.54) is 37.8 Å². The van der Waals surface area contributed by atoms with Crippen LogP contribution in [0.15, 0.2) is 28.7 Å². The van der Waals surface area contributed by atoms with Crippen LogP contribution in [-0.4, -0.2) is 5.54 Å². The lowest BCUT2D eigenvalue weighted by Crippen LogP contribution is -2.36. The van der Waals surface area contributed by atoms with Gasteiger partial charge in [-0.2, -0.15) is 0 Å². The third-order valence-electron chi connectivity index (χ3n) is 3.25. The van der Waals surface area contributed by atoms with Gasteiger partial charge in [0, 0.05) is 15.7 Å².